The first kappa shape index (κ1) is 20.0. The SMILES string of the molecule is CCCn1c(N)c(N(CCOC)C(=O)C(CC)CC)c(=O)[nH]c1=O. The van der Waals surface area contributed by atoms with Gasteiger partial charge in [0.05, 0.1) is 6.61 Å². The topological polar surface area (TPSA) is 110 Å². The van der Waals surface area contributed by atoms with Crippen LogP contribution < -0.4 is 21.9 Å². The lowest BCUT2D eigenvalue weighted by atomic mass is 10.0. The van der Waals surface area contributed by atoms with Gasteiger partial charge in [-0.1, -0.05) is 20.8 Å². The van der Waals surface area contributed by atoms with Crippen molar-refractivity contribution >= 4 is 17.4 Å². The molecule has 8 nitrogen and oxygen atoms in total. The Morgan fingerprint density at radius 2 is 1.92 bits per heavy atom. The Morgan fingerprint density at radius 1 is 1.29 bits per heavy atom. The molecule has 0 radical (unpaired) electrons. The molecule has 0 spiro atoms. The van der Waals surface area contributed by atoms with E-state index in [-0.39, 0.29) is 36.5 Å². The molecule has 0 aliphatic heterocycles. The van der Waals surface area contributed by atoms with Crippen molar-refractivity contribution in [2.75, 3.05) is 30.9 Å². The third-order valence-corrected chi connectivity index (χ3v) is 4.05. The molecule has 0 bridgehead atoms. The molecule has 1 amide bonds. The van der Waals surface area contributed by atoms with Gasteiger partial charge in [-0.05, 0) is 19.3 Å². The largest absolute Gasteiger partial charge is 0.383 e. The second-order valence-electron chi connectivity index (χ2n) is 5.64. The molecule has 0 atom stereocenters. The molecule has 0 unspecified atom stereocenters. The van der Waals surface area contributed by atoms with Crippen LogP contribution in [0.5, 0.6) is 0 Å². The zero-order valence-electron chi connectivity index (χ0n) is 14.9. The van der Waals surface area contributed by atoms with Gasteiger partial charge in [-0.3, -0.25) is 19.1 Å². The molecule has 0 saturated carbocycles. The Bertz CT molecular complexity index is 661. The third-order valence-electron chi connectivity index (χ3n) is 4.05. The first-order chi connectivity index (χ1) is 11.4. The van der Waals surface area contributed by atoms with E-state index in [1.807, 2.05) is 20.8 Å². The number of hydrogen-bond acceptors (Lipinski definition) is 5. The number of aromatic nitrogens is 2. The average Bonchev–Trinajstić information content (AvgIpc) is 2.55. The number of anilines is 2. The van der Waals surface area contributed by atoms with Crippen LogP contribution in [0.4, 0.5) is 11.5 Å². The molecule has 24 heavy (non-hydrogen) atoms. The number of ether oxygens (including phenoxy) is 1. The summed E-state index contributed by atoms with van der Waals surface area (Å²) >= 11 is 0. The van der Waals surface area contributed by atoms with E-state index in [1.165, 1.54) is 16.6 Å². The molecule has 1 rings (SSSR count). The van der Waals surface area contributed by atoms with E-state index in [0.717, 1.165) is 0 Å². The minimum Gasteiger partial charge on any atom is -0.383 e. The molecule has 3 N–H and O–H groups in total. The lowest BCUT2D eigenvalue weighted by Crippen LogP contribution is -2.44. The predicted molar refractivity (Wildman–Crippen MR) is 94.3 cm³/mol. The normalized spacial score (nSPS) is 11.0. The summed E-state index contributed by atoms with van der Waals surface area (Å²) in [5.74, 6) is -0.385. The van der Waals surface area contributed by atoms with E-state index >= 15 is 0 Å². The Hall–Kier alpha value is -2.09. The fraction of sp³-hybridized carbons (Fsp3) is 0.688. The van der Waals surface area contributed by atoms with Crippen LogP contribution in [0.2, 0.25) is 0 Å². The van der Waals surface area contributed by atoms with Gasteiger partial charge < -0.3 is 15.4 Å². The second-order valence-corrected chi connectivity index (χ2v) is 5.64. The number of nitrogens with zero attached hydrogens (tertiary/aromatic N) is 2. The smallest absolute Gasteiger partial charge is 0.330 e. The van der Waals surface area contributed by atoms with Crippen molar-refractivity contribution in [2.45, 2.75) is 46.6 Å². The minimum atomic E-state index is -0.653. The molecule has 1 aromatic rings. The van der Waals surface area contributed by atoms with Gasteiger partial charge in [0.15, 0.2) is 5.69 Å². The highest BCUT2D eigenvalue weighted by Gasteiger charge is 2.27. The summed E-state index contributed by atoms with van der Waals surface area (Å²) in [5.41, 5.74) is 4.88. The van der Waals surface area contributed by atoms with Crippen LogP contribution in [-0.2, 0) is 16.1 Å². The quantitative estimate of drug-likeness (QED) is 0.695. The maximum absolute atomic E-state index is 12.8. The molecular weight excluding hydrogens is 312 g/mol. The Labute approximate surface area is 141 Å². The Balaban J connectivity index is 3.47. The summed E-state index contributed by atoms with van der Waals surface area (Å²) in [7, 11) is 1.52. The van der Waals surface area contributed by atoms with Crippen molar-refractivity contribution in [2.24, 2.45) is 5.92 Å². The summed E-state index contributed by atoms with van der Waals surface area (Å²) in [6.45, 7) is 6.57. The lowest BCUT2D eigenvalue weighted by molar-refractivity contribution is -0.122. The molecule has 0 aromatic carbocycles. The molecule has 1 heterocycles. The highest BCUT2D eigenvalue weighted by Crippen LogP contribution is 2.21. The fourth-order valence-electron chi connectivity index (χ4n) is 2.66. The molecule has 1 aromatic heterocycles. The molecule has 8 heteroatoms. The van der Waals surface area contributed by atoms with Crippen LogP contribution in [-0.4, -0.2) is 35.7 Å². The average molecular weight is 340 g/mol. The number of rotatable bonds is 9. The van der Waals surface area contributed by atoms with Gasteiger partial charge in [0.1, 0.15) is 5.82 Å². The number of H-pyrrole nitrogens is 1. The van der Waals surface area contributed by atoms with Gasteiger partial charge in [-0.25, -0.2) is 4.79 Å². The molecular formula is C16H28N4O4. The Kier molecular flexibility index (Phi) is 7.70. The fourth-order valence-corrected chi connectivity index (χ4v) is 2.66. The van der Waals surface area contributed by atoms with Crippen LogP contribution in [0.25, 0.3) is 0 Å². The van der Waals surface area contributed by atoms with E-state index < -0.39 is 11.2 Å². The van der Waals surface area contributed by atoms with E-state index in [4.69, 9.17) is 10.5 Å². The number of amides is 1. The second kappa shape index (κ2) is 9.27. The summed E-state index contributed by atoms with van der Waals surface area (Å²) < 4.78 is 6.35. The standard InChI is InChI=1S/C16H28N4O4/c1-5-8-20-13(17)12(14(21)18-16(20)23)19(9-10-24-4)15(22)11(6-2)7-3/h11H,5-10,17H2,1-4H3,(H,18,21,23). The number of nitrogens with one attached hydrogen (secondary N) is 1. The van der Waals surface area contributed by atoms with Crippen molar-refractivity contribution in [1.82, 2.24) is 9.55 Å². The van der Waals surface area contributed by atoms with Crippen molar-refractivity contribution in [3.05, 3.63) is 20.8 Å². The van der Waals surface area contributed by atoms with Crippen molar-refractivity contribution in [3.63, 3.8) is 0 Å². The summed E-state index contributed by atoms with van der Waals surface area (Å²) in [6.07, 6.45) is 1.99. The van der Waals surface area contributed by atoms with Crippen LogP contribution >= 0.6 is 0 Å². The van der Waals surface area contributed by atoms with Crippen LogP contribution in [0.1, 0.15) is 40.0 Å². The first-order valence-corrected chi connectivity index (χ1v) is 8.35. The number of nitrogen functional groups attached to an aromatic ring is 1. The molecule has 0 aliphatic carbocycles. The van der Waals surface area contributed by atoms with E-state index in [1.54, 1.807) is 0 Å². The Morgan fingerprint density at radius 3 is 2.42 bits per heavy atom. The van der Waals surface area contributed by atoms with Crippen molar-refractivity contribution in [1.29, 1.82) is 0 Å². The van der Waals surface area contributed by atoms with Crippen LogP contribution in [0.15, 0.2) is 9.59 Å². The summed E-state index contributed by atoms with van der Waals surface area (Å²) in [4.78, 5) is 40.7. The zero-order chi connectivity index (χ0) is 18.3. The first-order valence-electron chi connectivity index (χ1n) is 8.35. The van der Waals surface area contributed by atoms with Crippen molar-refractivity contribution in [3.8, 4) is 0 Å². The number of carbonyl (C=O) groups excluding carboxylic acids is 1. The van der Waals surface area contributed by atoms with Gasteiger partial charge in [0, 0.05) is 26.1 Å². The molecule has 0 saturated heterocycles. The summed E-state index contributed by atoms with van der Waals surface area (Å²) in [5, 5.41) is 0. The van der Waals surface area contributed by atoms with Gasteiger partial charge in [-0.2, -0.15) is 0 Å². The maximum Gasteiger partial charge on any atom is 0.330 e. The monoisotopic (exact) mass is 340 g/mol. The number of carbonyl (C=O) groups is 1. The van der Waals surface area contributed by atoms with Crippen LogP contribution in [0.3, 0.4) is 0 Å². The summed E-state index contributed by atoms with van der Waals surface area (Å²) in [6, 6.07) is 0. The number of aromatic amines is 1. The lowest BCUT2D eigenvalue weighted by Gasteiger charge is -2.27. The van der Waals surface area contributed by atoms with E-state index in [0.29, 0.717) is 25.8 Å². The number of hydrogen-bond donors (Lipinski definition) is 2. The van der Waals surface area contributed by atoms with Gasteiger partial charge >= 0.3 is 5.69 Å². The minimum absolute atomic E-state index is 0.0148. The van der Waals surface area contributed by atoms with E-state index in [2.05, 4.69) is 4.98 Å². The maximum atomic E-state index is 12.8. The predicted octanol–water partition coefficient (Wildman–Crippen LogP) is 0.944. The highest BCUT2D eigenvalue weighted by molar-refractivity contribution is 5.97. The number of methoxy groups -OCH3 is 1. The highest BCUT2D eigenvalue weighted by atomic mass is 16.5. The van der Waals surface area contributed by atoms with Crippen LogP contribution in [0, 0.1) is 5.92 Å². The van der Waals surface area contributed by atoms with Gasteiger partial charge in [-0.15, -0.1) is 0 Å². The zero-order valence-corrected chi connectivity index (χ0v) is 14.9. The molecule has 0 aliphatic rings. The van der Waals surface area contributed by atoms with E-state index in [9.17, 15) is 14.4 Å². The third kappa shape index (κ3) is 4.25. The number of nitrogens with two attached hydrogens (primary N) is 1. The van der Waals surface area contributed by atoms with Gasteiger partial charge in [0.2, 0.25) is 5.91 Å². The molecule has 136 valence electrons. The molecule has 0 fully saturated rings. The van der Waals surface area contributed by atoms with Crippen molar-refractivity contribution < 1.29 is 9.53 Å². The van der Waals surface area contributed by atoms with Gasteiger partial charge in [0.25, 0.3) is 5.56 Å².